The first-order valence-corrected chi connectivity index (χ1v) is 16.3. The third-order valence-corrected chi connectivity index (χ3v) is 10.8. The van der Waals surface area contributed by atoms with E-state index >= 15 is 0 Å². The van der Waals surface area contributed by atoms with Crippen LogP contribution >= 0.6 is 0 Å². The minimum atomic E-state index is -3.69. The molecule has 3 heterocycles. The molecule has 1 aliphatic carbocycles. The van der Waals surface area contributed by atoms with Crippen molar-refractivity contribution in [2.24, 2.45) is 0 Å². The number of anilines is 1. The fraction of sp³-hybridized carbons (Fsp3) is 0.424. The zero-order chi connectivity index (χ0) is 28.7. The van der Waals surface area contributed by atoms with Crippen molar-refractivity contribution in [3.8, 4) is 5.69 Å². The van der Waals surface area contributed by atoms with Crippen molar-refractivity contribution in [2.75, 3.05) is 37.7 Å². The number of nitrogens with zero attached hydrogens (tertiary/aromatic N) is 3. The fourth-order valence-electron chi connectivity index (χ4n) is 6.70. The molecule has 0 atom stereocenters. The fourth-order valence-corrected chi connectivity index (χ4v) is 8.14. The van der Waals surface area contributed by atoms with Gasteiger partial charge in [-0.2, -0.15) is 4.31 Å². The van der Waals surface area contributed by atoms with E-state index in [0.717, 1.165) is 28.3 Å². The smallest absolute Gasteiger partial charge is 0.258 e. The van der Waals surface area contributed by atoms with Crippen LogP contribution in [0.2, 0.25) is 0 Å². The Kier molecular flexibility index (Phi) is 7.66. The summed E-state index contributed by atoms with van der Waals surface area (Å²) < 4.78 is 35.9. The molecule has 1 amide bonds. The summed E-state index contributed by atoms with van der Waals surface area (Å²) in [6.07, 6.45) is 8.47. The van der Waals surface area contributed by atoms with E-state index in [0.29, 0.717) is 49.9 Å². The molecule has 2 aliphatic heterocycles. The molecule has 1 saturated heterocycles. The summed E-state index contributed by atoms with van der Waals surface area (Å²) >= 11 is 0. The van der Waals surface area contributed by atoms with Gasteiger partial charge in [-0.05, 0) is 93.1 Å². The number of carbonyl (C=O) groups is 1. The van der Waals surface area contributed by atoms with Crippen LogP contribution in [0.25, 0.3) is 17.3 Å². The minimum absolute atomic E-state index is 0.106. The molecule has 1 aromatic heterocycles. The second kappa shape index (κ2) is 11.2. The molecule has 3 aromatic rings. The van der Waals surface area contributed by atoms with Crippen LogP contribution in [-0.2, 0) is 19.6 Å². The third-order valence-electron chi connectivity index (χ3n) is 8.95. The van der Waals surface area contributed by atoms with E-state index in [1.807, 2.05) is 13.0 Å². The largest absolute Gasteiger partial charge is 0.379 e. The molecule has 2 fully saturated rings. The van der Waals surface area contributed by atoms with Crippen LogP contribution in [0, 0.1) is 13.8 Å². The van der Waals surface area contributed by atoms with E-state index < -0.39 is 10.0 Å². The van der Waals surface area contributed by atoms with Crippen LogP contribution in [0.1, 0.15) is 73.0 Å². The molecule has 7 nitrogen and oxygen atoms in total. The maximum Gasteiger partial charge on any atom is 0.258 e. The first-order chi connectivity index (χ1) is 19.8. The van der Waals surface area contributed by atoms with Gasteiger partial charge >= 0.3 is 0 Å². The zero-order valence-electron chi connectivity index (χ0n) is 24.2. The quantitative estimate of drug-likeness (QED) is 0.336. The minimum Gasteiger partial charge on any atom is -0.379 e. The van der Waals surface area contributed by atoms with E-state index in [2.05, 4.69) is 48.7 Å². The number of hydrogen-bond acceptors (Lipinski definition) is 4. The van der Waals surface area contributed by atoms with E-state index in [-0.39, 0.29) is 10.8 Å². The van der Waals surface area contributed by atoms with Gasteiger partial charge in [0, 0.05) is 47.8 Å². The SMILES string of the molecule is CCN1C(=O)/C(=C/c2cc(C)n(-c3ccc(C4CCCCC4)cc3)c2C)c2cc(S(=O)(=O)N3CCOCC3)ccc21. The molecule has 8 heteroatoms. The Labute approximate surface area is 243 Å². The van der Waals surface area contributed by atoms with Gasteiger partial charge in [0.25, 0.3) is 5.91 Å². The van der Waals surface area contributed by atoms with Crippen molar-refractivity contribution in [3.63, 3.8) is 0 Å². The van der Waals surface area contributed by atoms with Gasteiger partial charge in [0.2, 0.25) is 10.0 Å². The van der Waals surface area contributed by atoms with E-state index in [9.17, 15) is 13.2 Å². The van der Waals surface area contributed by atoms with Gasteiger partial charge in [-0.25, -0.2) is 8.42 Å². The standard InChI is InChI=1S/C33H39N3O4S/c1-4-35-32-15-14-29(41(38,39)34-16-18-40-19-17-34)22-30(32)31(33(35)37)21-27-20-23(2)36(24(27)3)28-12-10-26(11-13-28)25-8-6-5-7-9-25/h10-15,20-22,25H,4-9,16-19H2,1-3H3/b31-21+. The van der Waals surface area contributed by atoms with E-state index in [4.69, 9.17) is 4.74 Å². The monoisotopic (exact) mass is 573 g/mol. The number of aromatic nitrogens is 1. The maximum atomic E-state index is 13.6. The predicted molar refractivity (Wildman–Crippen MR) is 163 cm³/mol. The average Bonchev–Trinajstić information content (AvgIpc) is 3.44. The lowest BCUT2D eigenvalue weighted by atomic mass is 9.84. The lowest BCUT2D eigenvalue weighted by Crippen LogP contribution is -2.40. The van der Waals surface area contributed by atoms with Gasteiger partial charge in [0.05, 0.1) is 23.8 Å². The first kappa shape index (κ1) is 27.9. The second-order valence-electron chi connectivity index (χ2n) is 11.4. The molecule has 41 heavy (non-hydrogen) atoms. The van der Waals surface area contributed by atoms with Gasteiger partial charge < -0.3 is 14.2 Å². The molecule has 3 aliphatic rings. The van der Waals surface area contributed by atoms with Crippen LogP contribution in [0.15, 0.2) is 53.4 Å². The Hall–Kier alpha value is -3.20. The molecule has 0 bridgehead atoms. The van der Waals surface area contributed by atoms with Crippen LogP contribution in [-0.4, -0.2) is 56.0 Å². The summed E-state index contributed by atoms with van der Waals surface area (Å²) in [4.78, 5) is 15.5. The Bertz CT molecular complexity index is 1590. The van der Waals surface area contributed by atoms with Gasteiger partial charge in [-0.1, -0.05) is 31.4 Å². The first-order valence-electron chi connectivity index (χ1n) is 14.8. The number of hydrogen-bond donors (Lipinski definition) is 0. The lowest BCUT2D eigenvalue weighted by molar-refractivity contribution is -0.112. The normalized spacial score (nSPS) is 19.7. The maximum absolute atomic E-state index is 13.6. The Morgan fingerprint density at radius 1 is 0.951 bits per heavy atom. The summed E-state index contributed by atoms with van der Waals surface area (Å²) in [7, 11) is -3.69. The predicted octanol–water partition coefficient (Wildman–Crippen LogP) is 6.07. The molecule has 216 valence electrons. The molecular formula is C33H39N3O4S. The van der Waals surface area contributed by atoms with Crippen molar-refractivity contribution in [1.82, 2.24) is 8.87 Å². The molecule has 6 rings (SSSR count). The Morgan fingerprint density at radius 3 is 2.34 bits per heavy atom. The number of benzene rings is 2. The number of morpholine rings is 1. The van der Waals surface area contributed by atoms with Crippen molar-refractivity contribution >= 4 is 33.3 Å². The highest BCUT2D eigenvalue weighted by molar-refractivity contribution is 7.89. The number of ether oxygens (including phenoxy) is 1. The number of likely N-dealkylation sites (N-methyl/N-ethyl adjacent to an activating group) is 1. The Morgan fingerprint density at radius 2 is 1.66 bits per heavy atom. The van der Waals surface area contributed by atoms with Crippen molar-refractivity contribution < 1.29 is 17.9 Å². The number of rotatable bonds is 6. The van der Waals surface area contributed by atoms with Gasteiger partial charge in [0.1, 0.15) is 0 Å². The highest BCUT2D eigenvalue weighted by atomic mass is 32.2. The van der Waals surface area contributed by atoms with E-state index in [1.165, 1.54) is 42.0 Å². The number of aryl methyl sites for hydroxylation is 1. The molecule has 0 spiro atoms. The van der Waals surface area contributed by atoms with Crippen LogP contribution in [0.4, 0.5) is 5.69 Å². The molecule has 1 saturated carbocycles. The van der Waals surface area contributed by atoms with Crippen LogP contribution in [0.3, 0.4) is 0 Å². The molecule has 0 radical (unpaired) electrons. The molecule has 0 unspecified atom stereocenters. The van der Waals surface area contributed by atoms with Crippen molar-refractivity contribution in [2.45, 2.75) is 63.7 Å². The summed E-state index contributed by atoms with van der Waals surface area (Å²) in [6, 6.07) is 16.1. The summed E-state index contributed by atoms with van der Waals surface area (Å²) in [6.45, 7) is 8.03. The van der Waals surface area contributed by atoms with Gasteiger partial charge in [0.15, 0.2) is 0 Å². The van der Waals surface area contributed by atoms with Gasteiger partial charge in [-0.3, -0.25) is 4.79 Å². The number of carbonyl (C=O) groups excluding carboxylic acids is 1. The molecular weight excluding hydrogens is 534 g/mol. The van der Waals surface area contributed by atoms with E-state index in [1.54, 1.807) is 23.1 Å². The van der Waals surface area contributed by atoms with Crippen molar-refractivity contribution in [1.29, 1.82) is 0 Å². The summed E-state index contributed by atoms with van der Waals surface area (Å²) in [5.74, 6) is 0.557. The highest BCUT2D eigenvalue weighted by Crippen LogP contribution is 2.40. The second-order valence-corrected chi connectivity index (χ2v) is 13.3. The molecule has 2 aromatic carbocycles. The van der Waals surface area contributed by atoms with Crippen LogP contribution in [0.5, 0.6) is 0 Å². The van der Waals surface area contributed by atoms with Crippen molar-refractivity contribution in [3.05, 3.63) is 76.6 Å². The lowest BCUT2D eigenvalue weighted by Gasteiger charge is -2.26. The zero-order valence-corrected chi connectivity index (χ0v) is 25.0. The third kappa shape index (κ3) is 5.07. The summed E-state index contributed by atoms with van der Waals surface area (Å²) in [5, 5.41) is 0. The average molecular weight is 574 g/mol. The Balaban J connectivity index is 1.36. The summed E-state index contributed by atoms with van der Waals surface area (Å²) in [5.41, 5.74) is 7.54. The number of sulfonamides is 1. The number of fused-ring (bicyclic) bond motifs is 1. The van der Waals surface area contributed by atoms with Gasteiger partial charge in [-0.15, -0.1) is 0 Å². The van der Waals surface area contributed by atoms with Crippen LogP contribution < -0.4 is 4.90 Å². The highest BCUT2D eigenvalue weighted by Gasteiger charge is 2.34. The topological polar surface area (TPSA) is 71.9 Å². The molecule has 0 N–H and O–H groups in total. The number of amides is 1.